The fourth-order valence-electron chi connectivity index (χ4n) is 1.09. The molecule has 0 aliphatic rings. The van der Waals surface area contributed by atoms with E-state index in [2.05, 4.69) is 9.47 Å². The lowest BCUT2D eigenvalue weighted by Gasteiger charge is -2.11. The van der Waals surface area contributed by atoms with Gasteiger partial charge in [-0.15, -0.1) is 0 Å². The van der Waals surface area contributed by atoms with Crippen LogP contribution in [-0.4, -0.2) is 72.4 Å². The smallest absolute Gasteiger partial charge is 0.358 e. The number of alkyl halides is 6. The molecule has 0 saturated heterocycles. The average molecular weight is 485 g/mol. The van der Waals surface area contributed by atoms with Crippen LogP contribution < -0.4 is 0 Å². The Morgan fingerprint density at radius 1 is 0.520 bits per heavy atom. The monoisotopic (exact) mass is 482 g/mol. The van der Waals surface area contributed by atoms with Crippen molar-refractivity contribution in [3.63, 3.8) is 0 Å². The normalized spacial score (nSPS) is 12.1. The van der Waals surface area contributed by atoms with E-state index in [9.17, 15) is 9.59 Å². The lowest BCUT2D eigenvalue weighted by atomic mass is 10.7. The number of rotatable bonds is 12. The average Bonchev–Trinajstić information content (AvgIpc) is 2.49. The molecule has 0 saturated carbocycles. The van der Waals surface area contributed by atoms with Crippen molar-refractivity contribution in [1.29, 1.82) is 0 Å². The second-order valence-electron chi connectivity index (χ2n) is 4.10. The van der Waals surface area contributed by atoms with Crippen molar-refractivity contribution in [2.45, 2.75) is 7.59 Å². The summed E-state index contributed by atoms with van der Waals surface area (Å²) in [7, 11) is 0. The predicted octanol–water partition coefficient (Wildman–Crippen LogP) is 2.86. The number of ether oxygens (including phenoxy) is 5. The van der Waals surface area contributed by atoms with Gasteiger partial charge < -0.3 is 23.7 Å². The van der Waals surface area contributed by atoms with Crippen molar-refractivity contribution in [3.8, 4) is 0 Å². The molecule has 0 rings (SSSR count). The molecule has 0 aliphatic heterocycles. The first-order valence-corrected chi connectivity index (χ1v) is 9.03. The lowest BCUT2D eigenvalue weighted by molar-refractivity contribution is -0.144. The van der Waals surface area contributed by atoms with Gasteiger partial charge in [0.2, 0.25) is 0 Å². The molecular weight excluding hydrogens is 469 g/mol. The van der Waals surface area contributed by atoms with Crippen molar-refractivity contribution in [2.24, 2.45) is 0 Å². The Labute approximate surface area is 174 Å². The zero-order valence-electron chi connectivity index (χ0n) is 12.8. The first kappa shape index (κ1) is 25.6. The van der Waals surface area contributed by atoms with E-state index in [0.29, 0.717) is 13.2 Å². The molecule has 148 valence electrons. The molecule has 0 amide bonds. The number of hydrogen-bond donors (Lipinski definition) is 0. The quantitative estimate of drug-likeness (QED) is 0.239. The zero-order chi connectivity index (χ0) is 19.3. The van der Waals surface area contributed by atoms with Crippen molar-refractivity contribution >= 4 is 81.5 Å². The largest absolute Gasteiger partial charge is 0.460 e. The van der Waals surface area contributed by atoms with Crippen LogP contribution in [0.15, 0.2) is 0 Å². The van der Waals surface area contributed by atoms with Crippen LogP contribution in [0.25, 0.3) is 0 Å². The molecule has 0 N–H and O–H groups in total. The Bertz CT molecular complexity index is 360. The predicted molar refractivity (Wildman–Crippen MR) is 95.0 cm³/mol. The number of carbonyl (C=O) groups excluding carboxylic acids is 2. The Kier molecular flexibility index (Phi) is 14.0. The van der Waals surface area contributed by atoms with Gasteiger partial charge in [0.15, 0.2) is 0 Å². The first-order chi connectivity index (χ1) is 11.5. The molecule has 0 atom stereocenters. The first-order valence-electron chi connectivity index (χ1n) is 6.76. The highest BCUT2D eigenvalue weighted by molar-refractivity contribution is 6.76. The van der Waals surface area contributed by atoms with E-state index in [1.165, 1.54) is 0 Å². The maximum absolute atomic E-state index is 11.1. The topological polar surface area (TPSA) is 80.3 Å². The van der Waals surface area contributed by atoms with Gasteiger partial charge in [-0.05, 0) is 0 Å². The highest BCUT2D eigenvalue weighted by Crippen LogP contribution is 2.27. The molecule has 0 bridgehead atoms. The summed E-state index contributed by atoms with van der Waals surface area (Å²) in [6, 6.07) is 0. The summed E-state index contributed by atoms with van der Waals surface area (Å²) >= 11 is 31.8. The third kappa shape index (κ3) is 15.3. The second kappa shape index (κ2) is 13.7. The van der Waals surface area contributed by atoms with Gasteiger partial charge in [-0.3, -0.25) is 0 Å². The third-order valence-electron chi connectivity index (χ3n) is 2.13. The van der Waals surface area contributed by atoms with Crippen LogP contribution in [0.3, 0.4) is 0 Å². The van der Waals surface area contributed by atoms with Gasteiger partial charge >= 0.3 is 11.9 Å². The van der Waals surface area contributed by atoms with E-state index >= 15 is 0 Å². The third-order valence-corrected chi connectivity index (χ3v) is 3.05. The van der Waals surface area contributed by atoms with Gasteiger partial charge in [-0.1, -0.05) is 69.6 Å². The van der Waals surface area contributed by atoms with Crippen LogP contribution in [0.1, 0.15) is 0 Å². The summed E-state index contributed by atoms with van der Waals surface area (Å²) in [6.45, 7) is 1.39. The standard InChI is InChI=1S/C12H16Cl6O7/c13-11(14,15)9(19)24-7-5-22-3-1-21-2-4-23-6-8-25-10(20)12(16,17)18/h1-8H2. The minimum atomic E-state index is -2.09. The maximum Gasteiger partial charge on any atom is 0.358 e. The fourth-order valence-corrected chi connectivity index (χ4v) is 1.42. The summed E-state index contributed by atoms with van der Waals surface area (Å²) < 4.78 is 20.6. The van der Waals surface area contributed by atoms with Crippen molar-refractivity contribution in [1.82, 2.24) is 0 Å². The van der Waals surface area contributed by atoms with Crippen LogP contribution in [-0.2, 0) is 33.3 Å². The fraction of sp³-hybridized carbons (Fsp3) is 0.833. The second-order valence-corrected chi connectivity index (χ2v) is 8.67. The molecule has 0 aromatic carbocycles. The van der Waals surface area contributed by atoms with E-state index in [0.717, 1.165) is 0 Å². The van der Waals surface area contributed by atoms with Crippen molar-refractivity contribution in [3.05, 3.63) is 0 Å². The molecule has 0 aromatic heterocycles. The van der Waals surface area contributed by atoms with Crippen LogP contribution in [0.5, 0.6) is 0 Å². The number of halogens is 6. The van der Waals surface area contributed by atoms with Crippen LogP contribution >= 0.6 is 69.6 Å². The Balaban J connectivity index is 3.30. The minimum absolute atomic E-state index is 0.0389. The van der Waals surface area contributed by atoms with Crippen molar-refractivity contribution in [2.75, 3.05) is 52.9 Å². The molecule has 25 heavy (non-hydrogen) atoms. The maximum atomic E-state index is 11.1. The summed E-state index contributed by atoms with van der Waals surface area (Å²) in [6.07, 6.45) is 0. The molecular formula is C12H16Cl6O7. The van der Waals surface area contributed by atoms with Gasteiger partial charge in [-0.25, -0.2) is 9.59 Å². The van der Waals surface area contributed by atoms with E-state index < -0.39 is 19.5 Å². The zero-order valence-corrected chi connectivity index (χ0v) is 17.3. The molecule has 0 heterocycles. The summed E-state index contributed by atoms with van der Waals surface area (Å²) in [4.78, 5) is 22.1. The van der Waals surface area contributed by atoms with Crippen LogP contribution in [0.4, 0.5) is 0 Å². The van der Waals surface area contributed by atoms with Gasteiger partial charge in [-0.2, -0.15) is 0 Å². The molecule has 7 nitrogen and oxygen atoms in total. The molecule has 0 aliphatic carbocycles. The minimum Gasteiger partial charge on any atom is -0.460 e. The van der Waals surface area contributed by atoms with Gasteiger partial charge in [0, 0.05) is 0 Å². The number of carbonyl (C=O) groups is 2. The van der Waals surface area contributed by atoms with E-state index in [4.69, 9.17) is 83.8 Å². The summed E-state index contributed by atoms with van der Waals surface area (Å²) in [5.41, 5.74) is 0. The summed E-state index contributed by atoms with van der Waals surface area (Å²) in [5.74, 6) is -1.93. The molecule has 0 aromatic rings. The Morgan fingerprint density at radius 3 is 1.00 bits per heavy atom. The Hall–Kier alpha value is 0.560. The highest BCUT2D eigenvalue weighted by atomic mass is 35.6. The van der Waals surface area contributed by atoms with Gasteiger partial charge in [0.1, 0.15) is 13.2 Å². The molecule has 13 heteroatoms. The van der Waals surface area contributed by atoms with E-state index in [-0.39, 0.29) is 39.6 Å². The van der Waals surface area contributed by atoms with E-state index in [1.54, 1.807) is 0 Å². The van der Waals surface area contributed by atoms with Crippen LogP contribution in [0.2, 0.25) is 0 Å². The SMILES string of the molecule is O=C(OCCOCCOCCOCCOC(=O)C(Cl)(Cl)Cl)C(Cl)(Cl)Cl. The van der Waals surface area contributed by atoms with Gasteiger partial charge in [0.05, 0.1) is 39.6 Å². The molecule has 0 spiro atoms. The summed E-state index contributed by atoms with van der Waals surface area (Å²) in [5, 5.41) is 0. The lowest BCUT2D eigenvalue weighted by Crippen LogP contribution is -2.24. The van der Waals surface area contributed by atoms with Gasteiger partial charge in [0.25, 0.3) is 7.59 Å². The van der Waals surface area contributed by atoms with Crippen molar-refractivity contribution < 1.29 is 33.3 Å². The highest BCUT2D eigenvalue weighted by Gasteiger charge is 2.33. The Morgan fingerprint density at radius 2 is 0.760 bits per heavy atom. The number of hydrogen-bond acceptors (Lipinski definition) is 7. The molecule has 0 fully saturated rings. The van der Waals surface area contributed by atoms with E-state index in [1.807, 2.05) is 0 Å². The number of esters is 2. The molecule has 0 unspecified atom stereocenters. The molecule has 0 radical (unpaired) electrons. The van der Waals surface area contributed by atoms with Crippen LogP contribution in [0, 0.1) is 0 Å².